The van der Waals surface area contributed by atoms with Crippen LogP contribution in [0.5, 0.6) is 0 Å². The number of hydrogen-bond acceptors (Lipinski definition) is 5. The lowest BCUT2D eigenvalue weighted by Crippen LogP contribution is -2.29. The summed E-state index contributed by atoms with van der Waals surface area (Å²) in [6, 6.07) is 1.81. The molecule has 1 aliphatic rings. The number of nitrogens with one attached hydrogen (secondary N) is 1. The molecule has 0 atom stereocenters. The van der Waals surface area contributed by atoms with Crippen molar-refractivity contribution < 1.29 is 4.79 Å². The third-order valence-electron chi connectivity index (χ3n) is 3.55. The van der Waals surface area contributed by atoms with E-state index in [2.05, 4.69) is 25.1 Å². The van der Waals surface area contributed by atoms with Crippen LogP contribution in [-0.4, -0.2) is 61.0 Å². The maximum atomic E-state index is 12.2. The first-order valence-corrected chi connectivity index (χ1v) is 7.60. The second-order valence-corrected chi connectivity index (χ2v) is 5.77. The van der Waals surface area contributed by atoms with E-state index in [1.807, 2.05) is 21.0 Å². The van der Waals surface area contributed by atoms with Crippen molar-refractivity contribution in [3.8, 4) is 0 Å². The molecule has 21 heavy (non-hydrogen) atoms. The van der Waals surface area contributed by atoms with Gasteiger partial charge in [-0.3, -0.25) is 4.79 Å². The van der Waals surface area contributed by atoms with Crippen molar-refractivity contribution in [3.05, 3.63) is 17.6 Å². The highest BCUT2D eigenvalue weighted by Gasteiger charge is 2.17. The number of rotatable bonds is 6. The van der Waals surface area contributed by atoms with Crippen LogP contribution >= 0.6 is 0 Å². The van der Waals surface area contributed by atoms with Gasteiger partial charge in [-0.2, -0.15) is 0 Å². The summed E-state index contributed by atoms with van der Waals surface area (Å²) in [5, 5.41) is 2.92. The molecule has 0 radical (unpaired) electrons. The molecule has 1 aromatic rings. The number of anilines is 1. The molecule has 0 saturated carbocycles. The number of carbonyl (C=O) groups excluding carboxylic acids is 1. The van der Waals surface area contributed by atoms with Crippen LogP contribution in [0.2, 0.25) is 0 Å². The zero-order valence-electron chi connectivity index (χ0n) is 13.2. The van der Waals surface area contributed by atoms with Gasteiger partial charge < -0.3 is 15.1 Å². The number of nitrogens with zero attached hydrogens (tertiary/aromatic N) is 4. The van der Waals surface area contributed by atoms with Crippen molar-refractivity contribution in [2.45, 2.75) is 26.2 Å². The average Bonchev–Trinajstić information content (AvgIpc) is 2.96. The maximum absolute atomic E-state index is 12.2. The minimum atomic E-state index is -0.111. The van der Waals surface area contributed by atoms with Gasteiger partial charge in [0, 0.05) is 25.7 Å². The van der Waals surface area contributed by atoms with Crippen molar-refractivity contribution in [1.82, 2.24) is 20.2 Å². The molecule has 2 rings (SSSR count). The molecule has 1 aromatic heterocycles. The average molecular weight is 291 g/mol. The monoisotopic (exact) mass is 291 g/mol. The van der Waals surface area contributed by atoms with E-state index in [4.69, 9.17) is 0 Å². The fourth-order valence-electron chi connectivity index (χ4n) is 2.46. The zero-order chi connectivity index (χ0) is 15.2. The third-order valence-corrected chi connectivity index (χ3v) is 3.55. The smallest absolute Gasteiger partial charge is 0.270 e. The first-order valence-electron chi connectivity index (χ1n) is 7.60. The Morgan fingerprint density at radius 1 is 1.33 bits per heavy atom. The van der Waals surface area contributed by atoms with Gasteiger partial charge in [0.1, 0.15) is 17.3 Å². The minimum absolute atomic E-state index is 0.111. The van der Waals surface area contributed by atoms with Gasteiger partial charge in [-0.1, -0.05) is 0 Å². The predicted octanol–water partition coefficient (Wildman–Crippen LogP) is 1.07. The molecule has 116 valence electrons. The number of hydrogen-bond donors (Lipinski definition) is 1. The summed E-state index contributed by atoms with van der Waals surface area (Å²) in [6.07, 6.45) is 3.31. The van der Waals surface area contributed by atoms with Crippen LogP contribution in [0.15, 0.2) is 6.07 Å². The second kappa shape index (κ2) is 7.36. The Labute approximate surface area is 126 Å². The summed E-state index contributed by atoms with van der Waals surface area (Å²) in [4.78, 5) is 25.2. The molecule has 0 spiro atoms. The van der Waals surface area contributed by atoms with Crippen LogP contribution in [0.3, 0.4) is 0 Å². The Balaban J connectivity index is 1.96. The van der Waals surface area contributed by atoms with Gasteiger partial charge in [-0.05, 0) is 46.8 Å². The van der Waals surface area contributed by atoms with E-state index in [0.717, 1.165) is 31.9 Å². The van der Waals surface area contributed by atoms with Gasteiger partial charge >= 0.3 is 0 Å². The van der Waals surface area contributed by atoms with Crippen LogP contribution in [0.4, 0.5) is 5.82 Å². The highest BCUT2D eigenvalue weighted by atomic mass is 16.1. The molecule has 0 bridgehead atoms. The van der Waals surface area contributed by atoms with Gasteiger partial charge in [-0.15, -0.1) is 0 Å². The van der Waals surface area contributed by atoms with E-state index in [0.29, 0.717) is 18.1 Å². The van der Waals surface area contributed by atoms with Crippen molar-refractivity contribution >= 4 is 11.7 Å². The van der Waals surface area contributed by atoms with Crippen LogP contribution in [0, 0.1) is 6.92 Å². The van der Waals surface area contributed by atoms with Crippen molar-refractivity contribution in [1.29, 1.82) is 0 Å². The molecular formula is C15H25N5O. The van der Waals surface area contributed by atoms with E-state index in [1.165, 1.54) is 12.8 Å². The molecule has 1 fully saturated rings. The number of amides is 1. The molecule has 1 saturated heterocycles. The van der Waals surface area contributed by atoms with Gasteiger partial charge in [0.15, 0.2) is 0 Å². The summed E-state index contributed by atoms with van der Waals surface area (Å²) in [5.41, 5.74) is 0.467. The van der Waals surface area contributed by atoms with E-state index in [-0.39, 0.29) is 5.91 Å². The second-order valence-electron chi connectivity index (χ2n) is 5.77. The van der Waals surface area contributed by atoms with Gasteiger partial charge in [0.05, 0.1) is 0 Å². The topological polar surface area (TPSA) is 61.4 Å². The lowest BCUT2D eigenvalue weighted by atomic mass is 10.3. The lowest BCUT2D eigenvalue weighted by molar-refractivity contribution is 0.0947. The van der Waals surface area contributed by atoms with E-state index < -0.39 is 0 Å². The first-order chi connectivity index (χ1) is 10.1. The molecule has 6 nitrogen and oxygen atoms in total. The predicted molar refractivity (Wildman–Crippen MR) is 83.7 cm³/mol. The highest BCUT2D eigenvalue weighted by molar-refractivity contribution is 5.92. The standard InChI is InChI=1S/C15H25N5O/c1-12-17-13(15(21)16-7-6-8-19(2)3)11-14(18-12)20-9-4-5-10-20/h11H,4-10H2,1-3H3,(H,16,21). The fraction of sp³-hybridized carbons (Fsp3) is 0.667. The first kappa shape index (κ1) is 15.7. The molecular weight excluding hydrogens is 266 g/mol. The fourth-order valence-corrected chi connectivity index (χ4v) is 2.46. The summed E-state index contributed by atoms with van der Waals surface area (Å²) in [5.74, 6) is 1.41. The Hall–Kier alpha value is -1.69. The third kappa shape index (κ3) is 4.67. The van der Waals surface area contributed by atoms with Crippen LogP contribution in [0.25, 0.3) is 0 Å². The minimum Gasteiger partial charge on any atom is -0.356 e. The largest absolute Gasteiger partial charge is 0.356 e. The Morgan fingerprint density at radius 2 is 2.05 bits per heavy atom. The van der Waals surface area contributed by atoms with Crippen molar-refractivity contribution in [2.75, 3.05) is 45.2 Å². The van der Waals surface area contributed by atoms with E-state index in [1.54, 1.807) is 6.07 Å². The SMILES string of the molecule is Cc1nc(C(=O)NCCCN(C)C)cc(N2CCCC2)n1. The maximum Gasteiger partial charge on any atom is 0.270 e. The quantitative estimate of drug-likeness (QED) is 0.794. The lowest BCUT2D eigenvalue weighted by Gasteiger charge is -2.17. The molecule has 1 amide bonds. The highest BCUT2D eigenvalue weighted by Crippen LogP contribution is 2.18. The van der Waals surface area contributed by atoms with Gasteiger partial charge in [0.2, 0.25) is 0 Å². The molecule has 1 N–H and O–H groups in total. The number of carbonyl (C=O) groups is 1. The molecule has 6 heteroatoms. The normalized spacial score (nSPS) is 14.8. The summed E-state index contributed by atoms with van der Waals surface area (Å²) in [7, 11) is 4.05. The molecule has 0 unspecified atom stereocenters. The van der Waals surface area contributed by atoms with E-state index >= 15 is 0 Å². The molecule has 2 heterocycles. The molecule has 0 aromatic carbocycles. The van der Waals surface area contributed by atoms with Crippen LogP contribution in [0.1, 0.15) is 35.6 Å². The van der Waals surface area contributed by atoms with Crippen molar-refractivity contribution in [3.63, 3.8) is 0 Å². The number of aromatic nitrogens is 2. The summed E-state index contributed by atoms with van der Waals surface area (Å²) in [6.45, 7) is 5.49. The van der Waals surface area contributed by atoms with Crippen LogP contribution in [-0.2, 0) is 0 Å². The summed E-state index contributed by atoms with van der Waals surface area (Å²) >= 11 is 0. The van der Waals surface area contributed by atoms with Gasteiger partial charge in [-0.25, -0.2) is 9.97 Å². The summed E-state index contributed by atoms with van der Waals surface area (Å²) < 4.78 is 0. The van der Waals surface area contributed by atoms with E-state index in [9.17, 15) is 4.79 Å². The van der Waals surface area contributed by atoms with Gasteiger partial charge in [0.25, 0.3) is 5.91 Å². The Bertz CT molecular complexity index is 483. The molecule has 1 aliphatic heterocycles. The zero-order valence-corrected chi connectivity index (χ0v) is 13.2. The Kier molecular flexibility index (Phi) is 5.50. The number of aryl methyl sites for hydroxylation is 1. The van der Waals surface area contributed by atoms with Crippen LogP contribution < -0.4 is 10.2 Å². The van der Waals surface area contributed by atoms with Crippen molar-refractivity contribution in [2.24, 2.45) is 0 Å². The Morgan fingerprint density at radius 3 is 2.71 bits per heavy atom. The molecule has 0 aliphatic carbocycles.